The van der Waals surface area contributed by atoms with E-state index in [9.17, 15) is 8.42 Å². The van der Waals surface area contributed by atoms with E-state index in [1.807, 2.05) is 0 Å². The molecule has 0 radical (unpaired) electrons. The first-order chi connectivity index (χ1) is 17.3. The third-order valence-electron chi connectivity index (χ3n) is 8.04. The predicted octanol–water partition coefficient (Wildman–Crippen LogP) is 3.97. The van der Waals surface area contributed by atoms with Crippen molar-refractivity contribution in [2.24, 2.45) is 7.05 Å². The lowest BCUT2D eigenvalue weighted by molar-refractivity contribution is -0.0635. The van der Waals surface area contributed by atoms with Crippen molar-refractivity contribution in [2.45, 2.75) is 49.8 Å². The highest BCUT2D eigenvalue weighted by Crippen LogP contribution is 2.43. The van der Waals surface area contributed by atoms with Crippen molar-refractivity contribution in [1.82, 2.24) is 18.8 Å². The maximum Gasteiger partial charge on any atom is 0.277 e. The molecule has 2 saturated heterocycles. The molecule has 0 unspecified atom stereocenters. The van der Waals surface area contributed by atoms with E-state index in [-0.39, 0.29) is 23.2 Å². The number of hydrogen-bond donors (Lipinski definition) is 0. The van der Waals surface area contributed by atoms with E-state index in [4.69, 9.17) is 4.74 Å². The van der Waals surface area contributed by atoms with Gasteiger partial charge in [-0.3, -0.25) is 4.90 Å². The molecule has 3 aromatic rings. The minimum Gasteiger partial charge on any atom is -0.383 e. The first-order valence-electron chi connectivity index (χ1n) is 12.7. The van der Waals surface area contributed by atoms with Gasteiger partial charge in [0.25, 0.3) is 10.0 Å². The fraction of sp³-hybridized carbons (Fsp3) is 0.464. The lowest BCUT2D eigenvalue weighted by atomic mass is 9.74. The Morgan fingerprint density at radius 3 is 2.50 bits per heavy atom. The molecule has 7 nitrogen and oxygen atoms in total. The maximum atomic E-state index is 13.5. The molecule has 36 heavy (non-hydrogen) atoms. The van der Waals surface area contributed by atoms with Crippen molar-refractivity contribution in [1.29, 1.82) is 0 Å². The van der Waals surface area contributed by atoms with Crippen LogP contribution < -0.4 is 0 Å². The van der Waals surface area contributed by atoms with Gasteiger partial charge in [-0.15, -0.1) is 0 Å². The molecule has 0 spiro atoms. The molecule has 0 amide bonds. The van der Waals surface area contributed by atoms with Gasteiger partial charge in [0.1, 0.15) is 0 Å². The SMILES string of the molecule is COC[C@@H]1[C@@H](c2ccc(-c3cccc(C)c3C)cc2)[C@@H]2CN(S(=O)(=O)c3nccn3C)CCCCN12. The summed E-state index contributed by atoms with van der Waals surface area (Å²) in [5.41, 5.74) is 6.28. The lowest BCUT2D eigenvalue weighted by Gasteiger charge is -2.57. The Kier molecular flexibility index (Phi) is 7.05. The highest BCUT2D eigenvalue weighted by atomic mass is 32.2. The number of nitrogens with zero attached hydrogens (tertiary/aromatic N) is 4. The Hall–Kier alpha value is -2.52. The summed E-state index contributed by atoms with van der Waals surface area (Å²) in [4.78, 5) is 6.60. The third-order valence-corrected chi connectivity index (χ3v) is 9.91. The molecule has 3 atom stereocenters. The van der Waals surface area contributed by atoms with Crippen molar-refractivity contribution in [3.05, 3.63) is 71.5 Å². The van der Waals surface area contributed by atoms with Gasteiger partial charge in [0.05, 0.1) is 6.61 Å². The zero-order chi connectivity index (χ0) is 25.4. The van der Waals surface area contributed by atoms with Gasteiger partial charge in [0, 0.05) is 57.6 Å². The van der Waals surface area contributed by atoms with Crippen LogP contribution in [0.1, 0.15) is 35.4 Å². The van der Waals surface area contributed by atoms with E-state index in [0.717, 1.165) is 19.4 Å². The predicted molar refractivity (Wildman–Crippen MR) is 141 cm³/mol. The van der Waals surface area contributed by atoms with Crippen LogP contribution in [0.4, 0.5) is 0 Å². The number of aromatic nitrogens is 2. The molecule has 192 valence electrons. The van der Waals surface area contributed by atoms with Gasteiger partial charge in [-0.05, 0) is 61.1 Å². The van der Waals surface area contributed by atoms with Gasteiger partial charge < -0.3 is 9.30 Å². The average Bonchev–Trinajstić information content (AvgIpc) is 3.29. The Labute approximate surface area is 214 Å². The number of ether oxygens (including phenoxy) is 1. The Bertz CT molecular complexity index is 1320. The Morgan fingerprint density at radius 2 is 1.81 bits per heavy atom. The van der Waals surface area contributed by atoms with E-state index < -0.39 is 10.0 Å². The standard InChI is InChI=1S/C28H36N4O3S/c1-20-8-7-9-24(21(20)2)22-10-12-23(13-11-22)27-25-18-31(36(33,34)28-29-14-17-30(28)3)15-5-6-16-32(25)26(27)19-35-4/h7-14,17,25-27H,5-6,15-16,18-19H2,1-4H3/t25-,26+,27-/m0/s1. The number of fused-ring (bicyclic) bond motifs is 1. The van der Waals surface area contributed by atoms with Crippen LogP contribution in [0.5, 0.6) is 0 Å². The molecule has 1 aromatic heterocycles. The first-order valence-corrected chi connectivity index (χ1v) is 14.2. The quantitative estimate of drug-likeness (QED) is 0.504. The van der Waals surface area contributed by atoms with Crippen molar-refractivity contribution in [2.75, 3.05) is 33.4 Å². The molecular weight excluding hydrogens is 472 g/mol. The van der Waals surface area contributed by atoms with E-state index >= 15 is 0 Å². The second-order valence-corrected chi connectivity index (χ2v) is 11.9. The maximum absolute atomic E-state index is 13.5. The molecule has 0 N–H and O–H groups in total. The molecule has 3 heterocycles. The van der Waals surface area contributed by atoms with Gasteiger partial charge in [-0.25, -0.2) is 13.4 Å². The van der Waals surface area contributed by atoms with E-state index in [0.29, 0.717) is 19.7 Å². The minimum absolute atomic E-state index is 0.104. The van der Waals surface area contributed by atoms with Crippen molar-refractivity contribution in [3.63, 3.8) is 0 Å². The van der Waals surface area contributed by atoms with Crippen LogP contribution in [0.25, 0.3) is 11.1 Å². The smallest absolute Gasteiger partial charge is 0.277 e. The second-order valence-electron chi connectivity index (χ2n) is 10.1. The van der Waals surface area contributed by atoms with Crippen molar-refractivity contribution in [3.8, 4) is 11.1 Å². The molecule has 5 rings (SSSR count). The highest BCUT2D eigenvalue weighted by Gasteiger charge is 2.50. The summed E-state index contributed by atoms with van der Waals surface area (Å²) in [7, 11) is -0.195. The molecule has 8 heteroatoms. The normalized spacial score (nSPS) is 23.5. The summed E-state index contributed by atoms with van der Waals surface area (Å²) in [5.74, 6) is 0.203. The van der Waals surface area contributed by atoms with Gasteiger partial charge >= 0.3 is 0 Å². The zero-order valence-corrected chi connectivity index (χ0v) is 22.4. The van der Waals surface area contributed by atoms with Gasteiger partial charge in [0.15, 0.2) is 0 Å². The fourth-order valence-corrected chi connectivity index (χ4v) is 7.51. The molecule has 0 saturated carbocycles. The second kappa shape index (κ2) is 10.1. The van der Waals surface area contributed by atoms with Crippen molar-refractivity contribution < 1.29 is 13.2 Å². The van der Waals surface area contributed by atoms with Gasteiger partial charge in [-0.2, -0.15) is 4.31 Å². The summed E-state index contributed by atoms with van der Waals surface area (Å²) in [5, 5.41) is 0.108. The topological polar surface area (TPSA) is 67.7 Å². The average molecular weight is 509 g/mol. The molecule has 0 aliphatic carbocycles. The zero-order valence-electron chi connectivity index (χ0n) is 21.6. The van der Waals surface area contributed by atoms with Crippen LogP contribution in [0, 0.1) is 13.8 Å². The molecule has 2 aliphatic heterocycles. The number of imidazole rings is 1. The molecule has 2 fully saturated rings. The van der Waals surface area contributed by atoms with Crippen LogP contribution in [-0.2, 0) is 21.8 Å². The largest absolute Gasteiger partial charge is 0.383 e. The van der Waals surface area contributed by atoms with Crippen LogP contribution in [0.2, 0.25) is 0 Å². The van der Waals surface area contributed by atoms with E-state index in [2.05, 4.69) is 66.2 Å². The summed E-state index contributed by atoms with van der Waals surface area (Å²) in [6.45, 7) is 6.89. The molecule has 2 aromatic carbocycles. The molecular formula is C28H36N4O3S. The monoisotopic (exact) mass is 508 g/mol. The number of rotatable bonds is 6. The van der Waals surface area contributed by atoms with Crippen LogP contribution in [0.3, 0.4) is 0 Å². The minimum atomic E-state index is -3.67. The highest BCUT2D eigenvalue weighted by molar-refractivity contribution is 7.89. The van der Waals surface area contributed by atoms with Crippen LogP contribution in [0.15, 0.2) is 60.0 Å². The van der Waals surface area contributed by atoms with Crippen molar-refractivity contribution >= 4 is 10.0 Å². The molecule has 0 bridgehead atoms. The number of methoxy groups -OCH3 is 1. The number of benzene rings is 2. The summed E-state index contributed by atoms with van der Waals surface area (Å²) < 4.78 is 35.9. The Morgan fingerprint density at radius 1 is 1.06 bits per heavy atom. The number of sulfonamides is 1. The first kappa shape index (κ1) is 25.1. The fourth-order valence-electron chi connectivity index (χ4n) is 5.94. The molecule has 2 aliphatic rings. The van der Waals surface area contributed by atoms with Gasteiger partial charge in [0.2, 0.25) is 5.16 Å². The lowest BCUT2D eigenvalue weighted by Crippen LogP contribution is -2.68. The van der Waals surface area contributed by atoms with Crippen LogP contribution in [-0.4, -0.2) is 72.6 Å². The van der Waals surface area contributed by atoms with Crippen LogP contribution >= 0.6 is 0 Å². The summed E-state index contributed by atoms with van der Waals surface area (Å²) in [6, 6.07) is 15.6. The van der Waals surface area contributed by atoms with E-state index in [1.165, 1.54) is 27.8 Å². The van der Waals surface area contributed by atoms with Gasteiger partial charge in [-0.1, -0.05) is 42.5 Å². The van der Waals surface area contributed by atoms with E-state index in [1.54, 1.807) is 35.4 Å². The number of hydrogen-bond acceptors (Lipinski definition) is 5. The number of aryl methyl sites for hydroxylation is 2. The Balaban J connectivity index is 1.45. The third kappa shape index (κ3) is 4.41. The summed E-state index contributed by atoms with van der Waals surface area (Å²) >= 11 is 0. The summed E-state index contributed by atoms with van der Waals surface area (Å²) in [6.07, 6.45) is 5.02.